The predicted octanol–water partition coefficient (Wildman–Crippen LogP) is 1.25. The number of rotatable bonds is 5. The number of nitrogens with one attached hydrogen (secondary N) is 1. The highest BCUT2D eigenvalue weighted by Gasteiger charge is 2.19. The zero-order chi connectivity index (χ0) is 14.5. The molecule has 1 aromatic carbocycles. The molecule has 0 radical (unpaired) electrons. The highest BCUT2D eigenvalue weighted by molar-refractivity contribution is 9.10. The summed E-state index contributed by atoms with van der Waals surface area (Å²) in [6, 6.07) is 4.06. The summed E-state index contributed by atoms with van der Waals surface area (Å²) in [6.07, 6.45) is 4.93. The molecule has 4 nitrogen and oxygen atoms in total. The smallest absolute Gasteiger partial charge is 0.235 e. The Morgan fingerprint density at radius 2 is 2.16 bits per heavy atom. The van der Waals surface area contributed by atoms with Gasteiger partial charge < -0.3 is 5.32 Å². The lowest BCUT2D eigenvalue weighted by Gasteiger charge is -2.06. The lowest BCUT2D eigenvalue weighted by molar-refractivity contribution is -0.118. The third-order valence-corrected chi connectivity index (χ3v) is 4.08. The molecule has 0 atom stereocenters. The standard InChI is InChI=1S/C12H11BrFNO3S/c1-2-5-15-12(16)8-19(17,18)7-9-3-4-10(13)6-11(9)14/h1,3-4,6H,5,7-8H2,(H,15,16). The van der Waals surface area contributed by atoms with Gasteiger partial charge in [0, 0.05) is 10.0 Å². The van der Waals surface area contributed by atoms with Gasteiger partial charge in [-0.25, -0.2) is 12.8 Å². The lowest BCUT2D eigenvalue weighted by atomic mass is 10.2. The molecular weight excluding hydrogens is 337 g/mol. The number of hydrogen-bond acceptors (Lipinski definition) is 3. The van der Waals surface area contributed by atoms with Crippen molar-refractivity contribution in [2.45, 2.75) is 5.75 Å². The number of halogens is 2. The average Bonchev–Trinajstić information content (AvgIpc) is 2.29. The topological polar surface area (TPSA) is 63.2 Å². The molecule has 0 unspecified atom stereocenters. The van der Waals surface area contributed by atoms with Crippen LogP contribution in [-0.4, -0.2) is 26.6 Å². The van der Waals surface area contributed by atoms with Crippen LogP contribution in [0.4, 0.5) is 4.39 Å². The molecule has 0 fully saturated rings. The Morgan fingerprint density at radius 1 is 1.47 bits per heavy atom. The minimum absolute atomic E-state index is 0.0212. The van der Waals surface area contributed by atoms with Gasteiger partial charge in [-0.3, -0.25) is 4.79 Å². The van der Waals surface area contributed by atoms with Crippen LogP contribution in [0.5, 0.6) is 0 Å². The molecule has 102 valence electrons. The van der Waals surface area contributed by atoms with E-state index in [2.05, 4.69) is 27.2 Å². The lowest BCUT2D eigenvalue weighted by Crippen LogP contribution is -2.31. The number of carbonyl (C=O) groups is 1. The van der Waals surface area contributed by atoms with Crippen molar-refractivity contribution in [3.8, 4) is 12.3 Å². The second-order valence-corrected chi connectivity index (χ2v) is 6.73. The fraction of sp³-hybridized carbons (Fsp3) is 0.250. The maximum Gasteiger partial charge on any atom is 0.235 e. The van der Waals surface area contributed by atoms with Crippen molar-refractivity contribution in [2.75, 3.05) is 12.3 Å². The van der Waals surface area contributed by atoms with Gasteiger partial charge in [0.25, 0.3) is 0 Å². The van der Waals surface area contributed by atoms with Gasteiger partial charge in [-0.2, -0.15) is 0 Å². The molecule has 0 saturated carbocycles. The maximum absolute atomic E-state index is 13.5. The summed E-state index contributed by atoms with van der Waals surface area (Å²) in [6.45, 7) is -0.0407. The van der Waals surface area contributed by atoms with E-state index in [4.69, 9.17) is 6.42 Å². The van der Waals surface area contributed by atoms with Crippen LogP contribution >= 0.6 is 15.9 Å². The van der Waals surface area contributed by atoms with Gasteiger partial charge >= 0.3 is 0 Å². The summed E-state index contributed by atoms with van der Waals surface area (Å²) < 4.78 is 37.5. The fourth-order valence-corrected chi connectivity index (χ4v) is 2.97. The summed E-state index contributed by atoms with van der Waals surface area (Å²) in [5.74, 6) is -0.428. The molecule has 0 heterocycles. The van der Waals surface area contributed by atoms with Gasteiger partial charge in [0.1, 0.15) is 11.6 Å². The molecule has 1 N–H and O–H groups in total. The van der Waals surface area contributed by atoms with Gasteiger partial charge in [-0.1, -0.05) is 27.9 Å². The first-order chi connectivity index (χ1) is 8.84. The summed E-state index contributed by atoms with van der Waals surface area (Å²) in [4.78, 5) is 11.3. The van der Waals surface area contributed by atoms with Gasteiger partial charge in [-0.15, -0.1) is 6.42 Å². The highest BCUT2D eigenvalue weighted by atomic mass is 79.9. The quantitative estimate of drug-likeness (QED) is 0.815. The first-order valence-electron chi connectivity index (χ1n) is 5.18. The minimum Gasteiger partial charge on any atom is -0.344 e. The monoisotopic (exact) mass is 347 g/mol. The average molecular weight is 348 g/mol. The number of hydrogen-bond donors (Lipinski definition) is 1. The Kier molecular flexibility index (Phi) is 5.51. The number of carbonyl (C=O) groups excluding carboxylic acids is 1. The molecule has 0 aliphatic heterocycles. The van der Waals surface area contributed by atoms with Crippen molar-refractivity contribution < 1.29 is 17.6 Å². The van der Waals surface area contributed by atoms with E-state index in [1.807, 2.05) is 0 Å². The molecule has 7 heteroatoms. The third-order valence-electron chi connectivity index (χ3n) is 2.13. The van der Waals surface area contributed by atoms with E-state index >= 15 is 0 Å². The van der Waals surface area contributed by atoms with E-state index in [9.17, 15) is 17.6 Å². The van der Waals surface area contributed by atoms with Crippen LogP contribution < -0.4 is 5.32 Å². The van der Waals surface area contributed by atoms with E-state index in [1.54, 1.807) is 0 Å². The van der Waals surface area contributed by atoms with Gasteiger partial charge in [0.2, 0.25) is 5.91 Å². The summed E-state index contributed by atoms with van der Waals surface area (Å²) >= 11 is 3.07. The molecular formula is C12H11BrFNO3S. The van der Waals surface area contributed by atoms with E-state index < -0.39 is 33.1 Å². The Hall–Kier alpha value is -1.39. The van der Waals surface area contributed by atoms with Crippen LogP contribution in [0.1, 0.15) is 5.56 Å². The van der Waals surface area contributed by atoms with Crippen molar-refractivity contribution in [1.82, 2.24) is 5.32 Å². The summed E-state index contributed by atoms with van der Waals surface area (Å²) in [7, 11) is -3.74. The van der Waals surface area contributed by atoms with Gasteiger partial charge in [0.05, 0.1) is 12.3 Å². The van der Waals surface area contributed by atoms with E-state index in [-0.39, 0.29) is 12.1 Å². The van der Waals surface area contributed by atoms with Crippen molar-refractivity contribution in [3.63, 3.8) is 0 Å². The second kappa shape index (κ2) is 6.68. The molecule has 1 amide bonds. The summed E-state index contributed by atoms with van der Waals surface area (Å²) in [5, 5.41) is 2.24. The molecule has 0 aliphatic rings. The van der Waals surface area contributed by atoms with Gasteiger partial charge in [0.15, 0.2) is 9.84 Å². The Bertz CT molecular complexity index is 622. The number of amides is 1. The zero-order valence-corrected chi connectivity index (χ0v) is 12.2. The molecule has 0 bridgehead atoms. The van der Waals surface area contributed by atoms with Crippen molar-refractivity contribution in [1.29, 1.82) is 0 Å². The van der Waals surface area contributed by atoms with Crippen LogP contribution in [0, 0.1) is 18.2 Å². The van der Waals surface area contributed by atoms with E-state index in [0.29, 0.717) is 4.47 Å². The number of terminal acetylenes is 1. The summed E-state index contributed by atoms with van der Waals surface area (Å²) in [5.41, 5.74) is 0.0212. The first kappa shape index (κ1) is 15.7. The van der Waals surface area contributed by atoms with E-state index in [0.717, 1.165) is 0 Å². The van der Waals surface area contributed by atoms with Crippen LogP contribution in [0.25, 0.3) is 0 Å². The van der Waals surface area contributed by atoms with Crippen LogP contribution in [-0.2, 0) is 20.4 Å². The highest BCUT2D eigenvalue weighted by Crippen LogP contribution is 2.17. The molecule has 0 aromatic heterocycles. The normalized spacial score (nSPS) is 10.8. The zero-order valence-electron chi connectivity index (χ0n) is 9.82. The molecule has 0 aliphatic carbocycles. The number of benzene rings is 1. The molecule has 19 heavy (non-hydrogen) atoms. The first-order valence-corrected chi connectivity index (χ1v) is 7.80. The SMILES string of the molecule is C#CCNC(=O)CS(=O)(=O)Cc1ccc(Br)cc1F. The maximum atomic E-state index is 13.5. The largest absolute Gasteiger partial charge is 0.344 e. The van der Waals surface area contributed by atoms with Crippen molar-refractivity contribution >= 4 is 31.7 Å². The fourth-order valence-electron chi connectivity index (χ4n) is 1.33. The van der Waals surface area contributed by atoms with Crippen LogP contribution in [0.15, 0.2) is 22.7 Å². The number of sulfone groups is 1. The molecule has 1 aromatic rings. The van der Waals surface area contributed by atoms with Gasteiger partial charge in [-0.05, 0) is 12.1 Å². The molecule has 1 rings (SSSR count). The van der Waals surface area contributed by atoms with Crippen LogP contribution in [0.3, 0.4) is 0 Å². The van der Waals surface area contributed by atoms with Crippen molar-refractivity contribution in [2.24, 2.45) is 0 Å². The Labute approximate surface area is 119 Å². The molecule has 0 saturated heterocycles. The van der Waals surface area contributed by atoms with E-state index in [1.165, 1.54) is 18.2 Å². The third kappa shape index (κ3) is 5.41. The predicted molar refractivity (Wildman–Crippen MR) is 73.4 cm³/mol. The van der Waals surface area contributed by atoms with Crippen molar-refractivity contribution in [3.05, 3.63) is 34.1 Å². The minimum atomic E-state index is -3.74. The Morgan fingerprint density at radius 3 is 2.74 bits per heavy atom. The van der Waals surface area contributed by atoms with Crippen LogP contribution in [0.2, 0.25) is 0 Å². The Balaban J connectivity index is 2.75. The molecule has 0 spiro atoms. The second-order valence-electron chi connectivity index (χ2n) is 3.75.